The Labute approximate surface area is 341 Å². The second kappa shape index (κ2) is 33.8. The number of carbonyl (C=O) groups is 2. The SMILES string of the molecule is CC(C#N)(CCC(=O)OCC1COCCOCCOCCOCCOCCO1)N=NC(C)(C#N)CCC(=O)OCC1COCCOCCOCCOCCOCCO1. The summed E-state index contributed by atoms with van der Waals surface area (Å²) in [6.07, 6.45) is -1.49. The topological polar surface area (TPSA) is 236 Å². The summed E-state index contributed by atoms with van der Waals surface area (Å²) in [5.41, 5.74) is -2.89. The third-order valence-electron chi connectivity index (χ3n) is 8.21. The minimum absolute atomic E-state index is 0.0306. The van der Waals surface area contributed by atoms with Crippen LogP contribution in [0.4, 0.5) is 0 Å². The zero-order chi connectivity index (χ0) is 41.8. The van der Waals surface area contributed by atoms with E-state index in [1.807, 2.05) is 0 Å². The van der Waals surface area contributed by atoms with E-state index in [0.717, 1.165) is 0 Å². The highest BCUT2D eigenvalue weighted by Crippen LogP contribution is 2.24. The second-order valence-electron chi connectivity index (χ2n) is 13.4. The summed E-state index contributed by atoms with van der Waals surface area (Å²) in [4.78, 5) is 25.4. The number of esters is 2. The Morgan fingerprint density at radius 2 is 0.741 bits per heavy atom. The lowest BCUT2D eigenvalue weighted by atomic mass is 9.97. The molecule has 0 saturated carbocycles. The molecule has 0 aromatic carbocycles. The number of nitrogens with zero attached hydrogens (tertiary/aromatic N) is 4. The third kappa shape index (κ3) is 27.7. The first-order chi connectivity index (χ1) is 28.3. The maximum Gasteiger partial charge on any atom is 0.306 e. The van der Waals surface area contributed by atoms with E-state index < -0.39 is 35.2 Å². The van der Waals surface area contributed by atoms with Gasteiger partial charge in [0.05, 0.1) is 157 Å². The van der Waals surface area contributed by atoms with Crippen molar-refractivity contribution in [3.63, 3.8) is 0 Å². The molecule has 0 amide bonds. The van der Waals surface area contributed by atoms with Crippen LogP contribution >= 0.6 is 0 Å². The van der Waals surface area contributed by atoms with Crippen LogP contribution in [0.25, 0.3) is 0 Å². The van der Waals surface area contributed by atoms with Gasteiger partial charge in [0.1, 0.15) is 25.4 Å². The van der Waals surface area contributed by atoms with Crippen LogP contribution in [0, 0.1) is 22.7 Å². The fourth-order valence-electron chi connectivity index (χ4n) is 4.71. The number of ether oxygens (including phenoxy) is 14. The van der Waals surface area contributed by atoms with E-state index >= 15 is 0 Å². The smallest absolute Gasteiger partial charge is 0.306 e. The van der Waals surface area contributed by atoms with Crippen molar-refractivity contribution in [2.45, 2.75) is 62.8 Å². The molecule has 20 nitrogen and oxygen atoms in total. The maximum atomic E-state index is 12.7. The van der Waals surface area contributed by atoms with Crippen molar-refractivity contribution in [3.05, 3.63) is 0 Å². The molecule has 0 bridgehead atoms. The fraction of sp³-hybridized carbons (Fsp3) is 0.895. The maximum absolute atomic E-state index is 12.7. The molecule has 332 valence electrons. The Hall–Kier alpha value is -2.96. The average Bonchev–Trinajstić information content (AvgIpc) is 3.23. The first kappa shape index (κ1) is 51.2. The summed E-state index contributed by atoms with van der Waals surface area (Å²) < 4.78 is 77.6. The molecule has 2 saturated heterocycles. The predicted octanol–water partition coefficient (Wildman–Crippen LogP) is 1.61. The highest BCUT2D eigenvalue weighted by atomic mass is 16.6. The zero-order valence-corrected chi connectivity index (χ0v) is 34.3. The van der Waals surface area contributed by atoms with Gasteiger partial charge in [-0.1, -0.05) is 0 Å². The van der Waals surface area contributed by atoms with E-state index in [1.54, 1.807) is 0 Å². The quantitative estimate of drug-likeness (QED) is 0.201. The molecule has 0 radical (unpaired) electrons. The van der Waals surface area contributed by atoms with Crippen molar-refractivity contribution in [2.75, 3.05) is 159 Å². The standard InChI is InChI=1S/C38H64N4O16/c1-37(31-39,5-3-35(43)57-29-33-27-53-21-19-49-13-11-45-7-9-47-15-17-51-23-25-55-33)41-42-38(2,32-40)6-4-36(44)58-30-34-28-54-22-20-50-14-12-46-8-10-48-16-18-52-24-26-56-34/h33-34H,3-30H2,1-2H3. The van der Waals surface area contributed by atoms with Crippen LogP contribution in [-0.4, -0.2) is 194 Å². The molecule has 4 unspecified atom stereocenters. The third-order valence-corrected chi connectivity index (χ3v) is 8.21. The highest BCUT2D eigenvalue weighted by Gasteiger charge is 2.30. The molecular formula is C38H64N4O16. The van der Waals surface area contributed by atoms with Crippen molar-refractivity contribution in [3.8, 4) is 12.1 Å². The Morgan fingerprint density at radius 3 is 1.02 bits per heavy atom. The molecule has 0 aromatic rings. The lowest BCUT2D eigenvalue weighted by Crippen LogP contribution is -2.30. The Bertz CT molecular complexity index is 1070. The van der Waals surface area contributed by atoms with Gasteiger partial charge in [-0.15, -0.1) is 0 Å². The van der Waals surface area contributed by atoms with Crippen molar-refractivity contribution in [1.29, 1.82) is 10.5 Å². The van der Waals surface area contributed by atoms with Gasteiger partial charge in [0, 0.05) is 12.8 Å². The minimum Gasteiger partial charge on any atom is -0.463 e. The van der Waals surface area contributed by atoms with Gasteiger partial charge in [-0.25, -0.2) is 0 Å². The first-order valence-electron chi connectivity index (χ1n) is 19.9. The summed E-state index contributed by atoms with van der Waals surface area (Å²) in [6.45, 7) is 10.8. The number of hydrogen-bond acceptors (Lipinski definition) is 20. The number of carbonyl (C=O) groups excluding carboxylic acids is 2. The second-order valence-corrected chi connectivity index (χ2v) is 13.4. The van der Waals surface area contributed by atoms with Crippen molar-refractivity contribution in [1.82, 2.24) is 0 Å². The van der Waals surface area contributed by atoms with Crippen molar-refractivity contribution < 1.29 is 75.9 Å². The Kier molecular flexibility index (Phi) is 29.8. The number of azo groups is 1. The monoisotopic (exact) mass is 832 g/mol. The van der Waals surface area contributed by atoms with E-state index in [9.17, 15) is 20.1 Å². The molecule has 20 heteroatoms. The number of rotatable bonds is 12. The van der Waals surface area contributed by atoms with E-state index in [-0.39, 0.29) is 65.3 Å². The van der Waals surface area contributed by atoms with Gasteiger partial charge in [0.2, 0.25) is 0 Å². The lowest BCUT2D eigenvalue weighted by molar-refractivity contribution is -0.152. The van der Waals surface area contributed by atoms with Gasteiger partial charge in [0.15, 0.2) is 11.1 Å². The Morgan fingerprint density at radius 1 is 0.483 bits per heavy atom. The molecule has 0 N–H and O–H groups in total. The lowest BCUT2D eigenvalue weighted by Gasteiger charge is -2.21. The number of hydrogen-bond donors (Lipinski definition) is 0. The molecule has 2 rings (SSSR count). The van der Waals surface area contributed by atoms with Gasteiger partial charge in [0.25, 0.3) is 0 Å². The predicted molar refractivity (Wildman–Crippen MR) is 201 cm³/mol. The van der Waals surface area contributed by atoms with E-state index in [4.69, 9.17) is 66.3 Å². The van der Waals surface area contributed by atoms with Crippen LogP contribution < -0.4 is 0 Å². The zero-order valence-electron chi connectivity index (χ0n) is 34.3. The van der Waals surface area contributed by atoms with Gasteiger partial charge in [-0.2, -0.15) is 20.8 Å². The molecule has 0 aliphatic carbocycles. The van der Waals surface area contributed by atoms with E-state index in [2.05, 4.69) is 22.4 Å². The van der Waals surface area contributed by atoms with E-state index in [1.165, 1.54) is 13.8 Å². The Balaban J connectivity index is 1.79. The average molecular weight is 833 g/mol. The van der Waals surface area contributed by atoms with Crippen LogP contribution in [-0.2, 0) is 75.9 Å². The van der Waals surface area contributed by atoms with Gasteiger partial charge in [-0.3, -0.25) is 9.59 Å². The summed E-state index contributed by atoms with van der Waals surface area (Å²) in [5.74, 6) is -1.15. The first-order valence-corrected chi connectivity index (χ1v) is 19.9. The summed E-state index contributed by atoms with van der Waals surface area (Å²) >= 11 is 0. The van der Waals surface area contributed by atoms with Gasteiger partial charge >= 0.3 is 11.9 Å². The molecule has 58 heavy (non-hydrogen) atoms. The van der Waals surface area contributed by atoms with Crippen LogP contribution in [0.3, 0.4) is 0 Å². The van der Waals surface area contributed by atoms with Crippen LogP contribution in [0.5, 0.6) is 0 Å². The van der Waals surface area contributed by atoms with Crippen molar-refractivity contribution >= 4 is 11.9 Å². The molecule has 0 spiro atoms. The summed E-state index contributed by atoms with van der Waals surface area (Å²) in [7, 11) is 0. The molecule has 2 heterocycles. The van der Waals surface area contributed by atoms with Gasteiger partial charge in [-0.05, 0) is 26.7 Å². The normalized spacial score (nSPS) is 24.1. The van der Waals surface area contributed by atoms with E-state index in [0.29, 0.717) is 119 Å². The highest BCUT2D eigenvalue weighted by molar-refractivity contribution is 5.70. The molecule has 2 fully saturated rings. The molecule has 2 aliphatic rings. The molecular weight excluding hydrogens is 768 g/mol. The van der Waals surface area contributed by atoms with Gasteiger partial charge < -0.3 is 66.3 Å². The largest absolute Gasteiger partial charge is 0.463 e. The van der Waals surface area contributed by atoms with Crippen LogP contribution in [0.2, 0.25) is 0 Å². The fourth-order valence-corrected chi connectivity index (χ4v) is 4.71. The number of nitriles is 2. The summed E-state index contributed by atoms with van der Waals surface area (Å²) in [6, 6.07) is 4.11. The molecule has 4 atom stereocenters. The van der Waals surface area contributed by atoms with Crippen LogP contribution in [0.15, 0.2) is 10.2 Å². The molecule has 2 aliphatic heterocycles. The minimum atomic E-state index is -1.45. The van der Waals surface area contributed by atoms with Crippen molar-refractivity contribution in [2.24, 2.45) is 10.2 Å². The van der Waals surface area contributed by atoms with Crippen LogP contribution in [0.1, 0.15) is 39.5 Å². The summed E-state index contributed by atoms with van der Waals surface area (Å²) in [5, 5.41) is 28.1. The molecule has 0 aromatic heterocycles.